The molecule has 1 aliphatic heterocycles. The Balaban J connectivity index is 1.53. The van der Waals surface area contributed by atoms with Crippen molar-refractivity contribution in [2.24, 2.45) is 0 Å². The van der Waals surface area contributed by atoms with Gasteiger partial charge in [0.1, 0.15) is 5.82 Å². The molecule has 5 heteroatoms. The monoisotopic (exact) mass is 372 g/mol. The van der Waals surface area contributed by atoms with E-state index < -0.39 is 5.92 Å². The van der Waals surface area contributed by atoms with E-state index in [-0.39, 0.29) is 5.91 Å². The Bertz CT molecular complexity index is 851. The first-order chi connectivity index (χ1) is 13.8. The molecular weight excluding hydrogens is 348 g/mol. The molecule has 3 heterocycles. The molecule has 0 radical (unpaired) electrons. The lowest BCUT2D eigenvalue weighted by atomic mass is 9.91. The van der Waals surface area contributed by atoms with Crippen LogP contribution in [0.2, 0.25) is 0 Å². The summed E-state index contributed by atoms with van der Waals surface area (Å²) < 4.78 is 0. The van der Waals surface area contributed by atoms with Gasteiger partial charge in [0.15, 0.2) is 0 Å². The van der Waals surface area contributed by atoms with Crippen LogP contribution in [0.3, 0.4) is 0 Å². The van der Waals surface area contributed by atoms with Crippen molar-refractivity contribution in [2.45, 2.75) is 25.2 Å². The van der Waals surface area contributed by atoms with Crippen LogP contribution in [0.5, 0.6) is 0 Å². The maximum absolute atomic E-state index is 13.1. The molecule has 1 atom stereocenters. The van der Waals surface area contributed by atoms with Crippen LogP contribution in [0, 0.1) is 0 Å². The summed E-state index contributed by atoms with van der Waals surface area (Å²) in [7, 11) is 0. The summed E-state index contributed by atoms with van der Waals surface area (Å²) in [5.41, 5.74) is 2.57. The molecule has 4 rings (SSSR count). The molecule has 1 N–H and O–H groups in total. The molecule has 0 saturated carbocycles. The van der Waals surface area contributed by atoms with E-state index in [1.54, 1.807) is 18.6 Å². The summed E-state index contributed by atoms with van der Waals surface area (Å²) in [6.45, 7) is 2.10. The van der Waals surface area contributed by atoms with Gasteiger partial charge in [0, 0.05) is 25.5 Å². The predicted molar refractivity (Wildman–Crippen MR) is 111 cm³/mol. The summed E-state index contributed by atoms with van der Waals surface area (Å²) in [6.07, 6.45) is 8.90. The first-order valence-electron chi connectivity index (χ1n) is 9.78. The lowest BCUT2D eigenvalue weighted by molar-refractivity contribution is -0.116. The van der Waals surface area contributed by atoms with Gasteiger partial charge in [-0.3, -0.25) is 9.78 Å². The Morgan fingerprint density at radius 2 is 1.61 bits per heavy atom. The highest BCUT2D eigenvalue weighted by atomic mass is 16.1. The third kappa shape index (κ3) is 4.19. The number of nitrogens with one attached hydrogen (secondary N) is 1. The molecule has 1 aromatic carbocycles. The second-order valence-electron chi connectivity index (χ2n) is 7.07. The predicted octanol–water partition coefficient (Wildman–Crippen LogP) is 4.24. The number of benzene rings is 1. The zero-order valence-electron chi connectivity index (χ0n) is 15.8. The Hall–Kier alpha value is -3.21. The fourth-order valence-corrected chi connectivity index (χ4v) is 3.68. The standard InChI is InChI=1S/C23H24N4O/c28-23(22(18-7-3-1-4-8-18)19-11-13-24-14-12-19)26-20-9-10-21(25-17-20)27-15-5-2-6-16-27/h1,3-4,7-14,17,22H,2,5-6,15-16H2,(H,26,28). The Morgan fingerprint density at radius 3 is 2.29 bits per heavy atom. The lowest BCUT2D eigenvalue weighted by Crippen LogP contribution is -2.30. The van der Waals surface area contributed by atoms with E-state index in [9.17, 15) is 4.79 Å². The van der Waals surface area contributed by atoms with Crippen molar-refractivity contribution < 1.29 is 4.79 Å². The van der Waals surface area contributed by atoms with E-state index in [1.165, 1.54) is 19.3 Å². The van der Waals surface area contributed by atoms with Crippen LogP contribution in [-0.4, -0.2) is 29.0 Å². The number of hydrogen-bond donors (Lipinski definition) is 1. The van der Waals surface area contributed by atoms with Crippen LogP contribution < -0.4 is 10.2 Å². The molecule has 0 bridgehead atoms. The number of nitrogens with zero attached hydrogens (tertiary/aromatic N) is 3. The number of hydrogen-bond acceptors (Lipinski definition) is 4. The van der Waals surface area contributed by atoms with Crippen molar-refractivity contribution in [1.82, 2.24) is 9.97 Å². The van der Waals surface area contributed by atoms with Gasteiger partial charge < -0.3 is 10.2 Å². The quantitative estimate of drug-likeness (QED) is 0.728. The summed E-state index contributed by atoms with van der Waals surface area (Å²) in [5.74, 6) is 0.502. The van der Waals surface area contributed by atoms with E-state index in [4.69, 9.17) is 0 Å². The van der Waals surface area contributed by atoms with Gasteiger partial charge in [-0.25, -0.2) is 4.98 Å². The Labute approximate surface area is 165 Å². The number of rotatable bonds is 5. The van der Waals surface area contributed by atoms with Gasteiger partial charge in [0.2, 0.25) is 5.91 Å². The number of aromatic nitrogens is 2. The number of carbonyl (C=O) groups excluding carboxylic acids is 1. The van der Waals surface area contributed by atoms with Crippen LogP contribution in [0.25, 0.3) is 0 Å². The maximum atomic E-state index is 13.1. The first kappa shape index (κ1) is 18.2. The van der Waals surface area contributed by atoms with Crippen molar-refractivity contribution in [3.05, 3.63) is 84.3 Å². The molecule has 0 aliphatic carbocycles. The molecule has 1 aliphatic rings. The van der Waals surface area contributed by atoms with Crippen LogP contribution in [0.4, 0.5) is 11.5 Å². The molecule has 1 amide bonds. The molecule has 0 spiro atoms. The largest absolute Gasteiger partial charge is 0.357 e. The Kier molecular flexibility index (Phi) is 5.61. The summed E-state index contributed by atoms with van der Waals surface area (Å²) in [6, 6.07) is 17.5. The van der Waals surface area contributed by atoms with E-state index in [0.29, 0.717) is 5.69 Å². The molecule has 1 unspecified atom stereocenters. The van der Waals surface area contributed by atoms with Crippen molar-refractivity contribution in [2.75, 3.05) is 23.3 Å². The molecule has 2 aromatic heterocycles. The van der Waals surface area contributed by atoms with Gasteiger partial charge in [0.05, 0.1) is 17.8 Å². The highest BCUT2D eigenvalue weighted by molar-refractivity contribution is 5.98. The zero-order chi connectivity index (χ0) is 19.2. The third-order valence-electron chi connectivity index (χ3n) is 5.13. The second-order valence-corrected chi connectivity index (χ2v) is 7.07. The SMILES string of the molecule is O=C(Nc1ccc(N2CCCCC2)nc1)C(c1ccccc1)c1ccncc1. The summed E-state index contributed by atoms with van der Waals surface area (Å²) in [5, 5.41) is 3.03. The van der Waals surface area contributed by atoms with Gasteiger partial charge >= 0.3 is 0 Å². The van der Waals surface area contributed by atoms with Crippen LogP contribution in [0.1, 0.15) is 36.3 Å². The van der Waals surface area contributed by atoms with Crippen LogP contribution in [-0.2, 0) is 4.79 Å². The number of carbonyl (C=O) groups is 1. The number of anilines is 2. The van der Waals surface area contributed by atoms with E-state index in [1.807, 2.05) is 54.6 Å². The minimum absolute atomic E-state index is 0.0788. The van der Waals surface area contributed by atoms with Gasteiger partial charge in [-0.15, -0.1) is 0 Å². The van der Waals surface area contributed by atoms with Gasteiger partial charge in [-0.1, -0.05) is 30.3 Å². The number of piperidine rings is 1. The zero-order valence-corrected chi connectivity index (χ0v) is 15.8. The Morgan fingerprint density at radius 1 is 0.893 bits per heavy atom. The minimum Gasteiger partial charge on any atom is -0.357 e. The van der Waals surface area contributed by atoms with Crippen molar-refractivity contribution >= 4 is 17.4 Å². The molecule has 1 fully saturated rings. The normalized spacial score (nSPS) is 15.1. The average molecular weight is 372 g/mol. The molecule has 28 heavy (non-hydrogen) atoms. The summed E-state index contributed by atoms with van der Waals surface area (Å²) in [4.78, 5) is 24.1. The number of pyridine rings is 2. The minimum atomic E-state index is -0.397. The van der Waals surface area contributed by atoms with Crippen molar-refractivity contribution in [3.8, 4) is 0 Å². The number of amides is 1. The van der Waals surface area contributed by atoms with Gasteiger partial charge in [0.25, 0.3) is 0 Å². The van der Waals surface area contributed by atoms with Crippen molar-refractivity contribution in [3.63, 3.8) is 0 Å². The van der Waals surface area contributed by atoms with Crippen LogP contribution >= 0.6 is 0 Å². The molecule has 3 aromatic rings. The second kappa shape index (κ2) is 8.65. The topological polar surface area (TPSA) is 58.1 Å². The maximum Gasteiger partial charge on any atom is 0.236 e. The fraction of sp³-hybridized carbons (Fsp3) is 0.261. The highest BCUT2D eigenvalue weighted by Crippen LogP contribution is 2.26. The highest BCUT2D eigenvalue weighted by Gasteiger charge is 2.23. The molecular formula is C23H24N4O. The van der Waals surface area contributed by atoms with E-state index in [2.05, 4.69) is 20.2 Å². The van der Waals surface area contributed by atoms with Gasteiger partial charge in [-0.2, -0.15) is 0 Å². The molecule has 5 nitrogen and oxygen atoms in total. The average Bonchev–Trinajstić information content (AvgIpc) is 2.77. The summed E-state index contributed by atoms with van der Waals surface area (Å²) >= 11 is 0. The van der Waals surface area contributed by atoms with Crippen LogP contribution in [0.15, 0.2) is 73.2 Å². The van der Waals surface area contributed by atoms with Crippen molar-refractivity contribution in [1.29, 1.82) is 0 Å². The van der Waals surface area contributed by atoms with Gasteiger partial charge in [-0.05, 0) is 54.7 Å². The first-order valence-corrected chi connectivity index (χ1v) is 9.78. The van der Waals surface area contributed by atoms with E-state index >= 15 is 0 Å². The molecule has 142 valence electrons. The smallest absolute Gasteiger partial charge is 0.236 e. The third-order valence-corrected chi connectivity index (χ3v) is 5.13. The lowest BCUT2D eigenvalue weighted by Gasteiger charge is -2.27. The molecule has 1 saturated heterocycles. The fourth-order valence-electron chi connectivity index (χ4n) is 3.68. The van der Waals surface area contributed by atoms with E-state index in [0.717, 1.165) is 30.0 Å².